The van der Waals surface area contributed by atoms with Crippen LogP contribution in [0.4, 0.5) is 5.95 Å². The first kappa shape index (κ1) is 21.6. The van der Waals surface area contributed by atoms with Crippen LogP contribution in [0.1, 0.15) is 12.5 Å². The Kier molecular flexibility index (Phi) is 8.08. The summed E-state index contributed by atoms with van der Waals surface area (Å²) < 4.78 is 10.9. The average molecular weight is 415 g/mol. The van der Waals surface area contributed by atoms with Gasteiger partial charge in [-0.2, -0.15) is 0 Å². The third kappa shape index (κ3) is 5.73. The largest absolute Gasteiger partial charge is 0.493 e. The molecule has 162 valence electrons. The van der Waals surface area contributed by atoms with E-state index in [4.69, 9.17) is 19.6 Å². The van der Waals surface area contributed by atoms with E-state index < -0.39 is 0 Å². The lowest BCUT2D eigenvalue weighted by Crippen LogP contribution is -2.52. The van der Waals surface area contributed by atoms with Crippen LogP contribution in [-0.4, -0.2) is 79.0 Å². The van der Waals surface area contributed by atoms with Gasteiger partial charge in [-0.3, -0.25) is 0 Å². The minimum Gasteiger partial charge on any atom is -0.493 e. The minimum atomic E-state index is -0.0368. The van der Waals surface area contributed by atoms with E-state index in [1.54, 1.807) is 19.5 Å². The second-order valence-corrected chi connectivity index (χ2v) is 6.75. The first-order chi connectivity index (χ1) is 14.7. The van der Waals surface area contributed by atoms with Gasteiger partial charge in [0.05, 0.1) is 20.3 Å². The second kappa shape index (κ2) is 11.2. The number of nitrogens with one attached hydrogen (secondary N) is 1. The van der Waals surface area contributed by atoms with Gasteiger partial charge in [0.25, 0.3) is 0 Å². The predicted octanol–water partition coefficient (Wildman–Crippen LogP) is 1.14. The Morgan fingerprint density at radius 2 is 1.93 bits per heavy atom. The van der Waals surface area contributed by atoms with Crippen LogP contribution in [-0.2, 0) is 6.54 Å². The van der Waals surface area contributed by atoms with E-state index in [1.807, 2.05) is 24.3 Å². The molecule has 0 radical (unpaired) electrons. The Hall–Kier alpha value is -3.07. The van der Waals surface area contributed by atoms with Crippen molar-refractivity contribution in [2.24, 2.45) is 4.99 Å². The topological polar surface area (TPSA) is 95.3 Å². The normalized spacial score (nSPS) is 14.6. The predicted molar refractivity (Wildman–Crippen MR) is 116 cm³/mol. The van der Waals surface area contributed by atoms with Gasteiger partial charge in [-0.15, -0.1) is 0 Å². The number of aliphatic hydroxyl groups is 1. The van der Waals surface area contributed by atoms with Crippen molar-refractivity contribution in [2.75, 3.05) is 57.9 Å². The zero-order valence-electron chi connectivity index (χ0n) is 17.6. The molecule has 2 aromatic rings. The standard InChI is InChI=1S/C21H30N6O3/c1-3-22-20(26-9-11-27(12-10-26)21-23-7-4-8-24-21)25-16-17-5-6-18(30-14-13-28)19(15-17)29-2/h4-8,15,28H,3,9-14,16H2,1-2H3,(H,22,25). The fourth-order valence-electron chi connectivity index (χ4n) is 3.25. The quantitative estimate of drug-likeness (QED) is 0.491. The number of hydrogen-bond donors (Lipinski definition) is 2. The summed E-state index contributed by atoms with van der Waals surface area (Å²) in [4.78, 5) is 18.0. The molecule has 0 unspecified atom stereocenters. The second-order valence-electron chi connectivity index (χ2n) is 6.75. The Balaban J connectivity index is 1.63. The maximum absolute atomic E-state index is 8.94. The Morgan fingerprint density at radius 1 is 1.17 bits per heavy atom. The van der Waals surface area contributed by atoms with Gasteiger partial charge in [-0.05, 0) is 30.7 Å². The summed E-state index contributed by atoms with van der Waals surface area (Å²) in [5.41, 5.74) is 1.02. The van der Waals surface area contributed by atoms with Crippen LogP contribution in [0.3, 0.4) is 0 Å². The van der Waals surface area contributed by atoms with Crippen LogP contribution in [0.25, 0.3) is 0 Å². The van der Waals surface area contributed by atoms with Gasteiger partial charge in [0, 0.05) is 45.1 Å². The summed E-state index contributed by atoms with van der Waals surface area (Å²) >= 11 is 0. The summed E-state index contributed by atoms with van der Waals surface area (Å²) in [6, 6.07) is 7.57. The van der Waals surface area contributed by atoms with Gasteiger partial charge in [-0.1, -0.05) is 6.07 Å². The zero-order chi connectivity index (χ0) is 21.2. The third-order valence-electron chi connectivity index (χ3n) is 4.74. The number of nitrogens with zero attached hydrogens (tertiary/aromatic N) is 5. The summed E-state index contributed by atoms with van der Waals surface area (Å²) in [6.07, 6.45) is 3.54. The number of aliphatic hydroxyl groups excluding tert-OH is 1. The van der Waals surface area contributed by atoms with Gasteiger partial charge in [-0.25, -0.2) is 15.0 Å². The number of guanidine groups is 1. The highest BCUT2D eigenvalue weighted by Gasteiger charge is 2.21. The van der Waals surface area contributed by atoms with E-state index in [0.717, 1.165) is 50.2 Å². The molecule has 1 aliphatic heterocycles. The summed E-state index contributed by atoms with van der Waals surface area (Å²) in [7, 11) is 1.61. The van der Waals surface area contributed by atoms with Crippen LogP contribution in [0.5, 0.6) is 11.5 Å². The lowest BCUT2D eigenvalue weighted by Gasteiger charge is -2.36. The monoisotopic (exact) mass is 414 g/mol. The molecule has 3 rings (SSSR count). The highest BCUT2D eigenvalue weighted by molar-refractivity contribution is 5.80. The van der Waals surface area contributed by atoms with Gasteiger partial charge in [0.15, 0.2) is 17.5 Å². The molecule has 1 aromatic heterocycles. The first-order valence-electron chi connectivity index (χ1n) is 10.2. The van der Waals surface area contributed by atoms with Crippen molar-refractivity contribution in [3.8, 4) is 11.5 Å². The van der Waals surface area contributed by atoms with Gasteiger partial charge >= 0.3 is 0 Å². The number of benzene rings is 1. The molecular weight excluding hydrogens is 384 g/mol. The van der Waals surface area contributed by atoms with E-state index in [2.05, 4.69) is 32.0 Å². The summed E-state index contributed by atoms with van der Waals surface area (Å²) in [6.45, 7) is 6.99. The van der Waals surface area contributed by atoms with Crippen molar-refractivity contribution in [3.63, 3.8) is 0 Å². The van der Waals surface area contributed by atoms with Crippen LogP contribution in [0.15, 0.2) is 41.7 Å². The van der Waals surface area contributed by atoms with E-state index in [1.165, 1.54) is 0 Å². The van der Waals surface area contributed by atoms with E-state index in [0.29, 0.717) is 18.0 Å². The highest BCUT2D eigenvalue weighted by atomic mass is 16.5. The number of ether oxygens (including phenoxy) is 2. The number of hydrogen-bond acceptors (Lipinski definition) is 7. The van der Waals surface area contributed by atoms with Crippen molar-refractivity contribution in [1.82, 2.24) is 20.2 Å². The molecule has 2 heterocycles. The molecule has 9 heteroatoms. The third-order valence-corrected chi connectivity index (χ3v) is 4.74. The van der Waals surface area contributed by atoms with E-state index >= 15 is 0 Å². The highest BCUT2D eigenvalue weighted by Crippen LogP contribution is 2.28. The van der Waals surface area contributed by atoms with Crippen LogP contribution >= 0.6 is 0 Å². The van der Waals surface area contributed by atoms with Gasteiger partial charge in [0.2, 0.25) is 5.95 Å². The van der Waals surface area contributed by atoms with Crippen LogP contribution in [0.2, 0.25) is 0 Å². The SMILES string of the molecule is CCNC(=NCc1ccc(OCCO)c(OC)c1)N1CCN(c2ncccn2)CC1. The van der Waals surface area contributed by atoms with Crippen molar-refractivity contribution in [2.45, 2.75) is 13.5 Å². The molecule has 9 nitrogen and oxygen atoms in total. The van der Waals surface area contributed by atoms with Crippen LogP contribution in [0, 0.1) is 0 Å². The molecule has 1 saturated heterocycles. The summed E-state index contributed by atoms with van der Waals surface area (Å²) in [5, 5.41) is 12.3. The van der Waals surface area contributed by atoms with Gasteiger partial charge < -0.3 is 29.7 Å². The molecule has 0 spiro atoms. The van der Waals surface area contributed by atoms with E-state index in [-0.39, 0.29) is 13.2 Å². The number of aliphatic imine (C=N–C) groups is 1. The number of piperazine rings is 1. The van der Waals surface area contributed by atoms with Gasteiger partial charge in [0.1, 0.15) is 6.61 Å². The minimum absolute atomic E-state index is 0.0368. The molecule has 1 aliphatic rings. The molecule has 0 aliphatic carbocycles. The lowest BCUT2D eigenvalue weighted by molar-refractivity contribution is 0.196. The molecule has 30 heavy (non-hydrogen) atoms. The smallest absolute Gasteiger partial charge is 0.225 e. The number of anilines is 1. The number of rotatable bonds is 8. The molecule has 1 aromatic carbocycles. The maximum atomic E-state index is 8.94. The Labute approximate surface area is 177 Å². The zero-order valence-corrected chi connectivity index (χ0v) is 17.6. The lowest BCUT2D eigenvalue weighted by atomic mass is 10.2. The Bertz CT molecular complexity index is 810. The van der Waals surface area contributed by atoms with Crippen molar-refractivity contribution in [1.29, 1.82) is 0 Å². The van der Waals surface area contributed by atoms with Crippen molar-refractivity contribution >= 4 is 11.9 Å². The Morgan fingerprint density at radius 3 is 2.60 bits per heavy atom. The molecule has 0 atom stereocenters. The van der Waals surface area contributed by atoms with Crippen LogP contribution < -0.4 is 19.7 Å². The first-order valence-corrected chi connectivity index (χ1v) is 10.2. The molecule has 0 amide bonds. The molecule has 2 N–H and O–H groups in total. The van der Waals surface area contributed by atoms with Crippen molar-refractivity contribution in [3.05, 3.63) is 42.2 Å². The number of methoxy groups -OCH3 is 1. The molecule has 0 saturated carbocycles. The summed E-state index contributed by atoms with van der Waals surface area (Å²) in [5.74, 6) is 2.92. The van der Waals surface area contributed by atoms with Crippen molar-refractivity contribution < 1.29 is 14.6 Å². The fourth-order valence-corrected chi connectivity index (χ4v) is 3.25. The molecule has 1 fully saturated rings. The molecule has 0 bridgehead atoms. The van der Waals surface area contributed by atoms with E-state index in [9.17, 15) is 0 Å². The maximum Gasteiger partial charge on any atom is 0.225 e. The fraction of sp³-hybridized carbons (Fsp3) is 0.476. The molecular formula is C21H30N6O3. The average Bonchev–Trinajstić information content (AvgIpc) is 2.81. The number of aromatic nitrogens is 2.